The highest BCUT2D eigenvalue weighted by Crippen LogP contribution is 2.33. The number of rotatable bonds is 7. The molecule has 0 unspecified atom stereocenters. The lowest BCUT2D eigenvalue weighted by molar-refractivity contribution is -0.132. The highest BCUT2D eigenvalue weighted by atomic mass is 16.7. The Kier molecular flexibility index (Phi) is 6.28. The second kappa shape index (κ2) is 9.26. The number of fused-ring (bicyclic) bond motifs is 1. The summed E-state index contributed by atoms with van der Waals surface area (Å²) in [6, 6.07) is 14.0. The van der Waals surface area contributed by atoms with Crippen LogP contribution in [0.25, 0.3) is 0 Å². The fourth-order valence-electron chi connectivity index (χ4n) is 3.97. The van der Waals surface area contributed by atoms with Crippen LogP contribution in [0.15, 0.2) is 42.5 Å². The summed E-state index contributed by atoms with van der Waals surface area (Å²) >= 11 is 0. The van der Waals surface area contributed by atoms with Crippen LogP contribution < -0.4 is 19.1 Å². The molecule has 7 nitrogen and oxygen atoms in total. The summed E-state index contributed by atoms with van der Waals surface area (Å²) in [5.74, 6) is 2.56. The molecule has 2 aromatic rings. The first-order valence-electron chi connectivity index (χ1n) is 10.4. The molecule has 4 rings (SSSR count). The lowest BCUT2D eigenvalue weighted by Gasteiger charge is -2.37. The average molecular weight is 412 g/mol. The number of amides is 1. The number of hydrogen-bond acceptors (Lipinski definition) is 6. The maximum Gasteiger partial charge on any atom is 0.237 e. The SMILES string of the molecule is CCN(Cc1ccc2c(c1)OCO2)C(=O)CN1CCN(c2ccccc2OC)CC1. The first-order chi connectivity index (χ1) is 14.7. The summed E-state index contributed by atoms with van der Waals surface area (Å²) in [5, 5.41) is 0. The van der Waals surface area contributed by atoms with Crippen molar-refractivity contribution in [3.8, 4) is 17.2 Å². The van der Waals surface area contributed by atoms with E-state index in [1.807, 2.05) is 48.2 Å². The third-order valence-corrected chi connectivity index (χ3v) is 5.70. The van der Waals surface area contributed by atoms with E-state index in [1.54, 1.807) is 7.11 Å². The first-order valence-corrected chi connectivity index (χ1v) is 10.4. The fraction of sp³-hybridized carbons (Fsp3) is 0.435. The molecule has 0 aromatic heterocycles. The number of methoxy groups -OCH3 is 1. The van der Waals surface area contributed by atoms with Crippen molar-refractivity contribution in [3.05, 3.63) is 48.0 Å². The maximum atomic E-state index is 12.9. The summed E-state index contributed by atoms with van der Waals surface area (Å²) in [5.41, 5.74) is 2.17. The molecule has 2 aliphatic heterocycles. The topological polar surface area (TPSA) is 54.5 Å². The molecule has 0 aliphatic carbocycles. The van der Waals surface area contributed by atoms with Gasteiger partial charge in [-0.25, -0.2) is 0 Å². The Bertz CT molecular complexity index is 881. The van der Waals surface area contributed by atoms with Gasteiger partial charge in [0.1, 0.15) is 5.75 Å². The second-order valence-electron chi connectivity index (χ2n) is 7.53. The van der Waals surface area contributed by atoms with E-state index < -0.39 is 0 Å². The minimum Gasteiger partial charge on any atom is -0.495 e. The van der Waals surface area contributed by atoms with Crippen molar-refractivity contribution < 1.29 is 19.0 Å². The molecule has 7 heteroatoms. The standard InChI is InChI=1S/C23H29N3O4/c1-3-25(15-18-8-9-21-22(14-18)30-17-29-21)23(27)16-24-10-12-26(13-11-24)19-6-4-5-7-20(19)28-2/h4-9,14H,3,10-13,15-17H2,1-2H3. The van der Waals surface area contributed by atoms with Gasteiger partial charge < -0.3 is 24.0 Å². The predicted molar refractivity (Wildman–Crippen MR) is 115 cm³/mol. The van der Waals surface area contributed by atoms with Gasteiger partial charge in [0.2, 0.25) is 12.7 Å². The Balaban J connectivity index is 1.31. The minimum atomic E-state index is 0.154. The van der Waals surface area contributed by atoms with Gasteiger partial charge in [-0.1, -0.05) is 18.2 Å². The molecule has 0 N–H and O–H groups in total. The lowest BCUT2D eigenvalue weighted by Crippen LogP contribution is -2.50. The van der Waals surface area contributed by atoms with Gasteiger partial charge in [0.25, 0.3) is 0 Å². The van der Waals surface area contributed by atoms with E-state index >= 15 is 0 Å². The summed E-state index contributed by atoms with van der Waals surface area (Å²) in [4.78, 5) is 19.4. The van der Waals surface area contributed by atoms with Crippen LogP contribution in [0.3, 0.4) is 0 Å². The normalized spacial score (nSPS) is 15.9. The van der Waals surface area contributed by atoms with Gasteiger partial charge in [-0.3, -0.25) is 9.69 Å². The van der Waals surface area contributed by atoms with Crippen molar-refractivity contribution in [2.24, 2.45) is 0 Å². The van der Waals surface area contributed by atoms with Crippen LogP contribution in [0.4, 0.5) is 5.69 Å². The van der Waals surface area contributed by atoms with Crippen LogP contribution in [0.2, 0.25) is 0 Å². The van der Waals surface area contributed by atoms with Crippen molar-refractivity contribution in [1.29, 1.82) is 0 Å². The van der Waals surface area contributed by atoms with E-state index in [0.717, 1.165) is 54.7 Å². The largest absolute Gasteiger partial charge is 0.495 e. The smallest absolute Gasteiger partial charge is 0.237 e. The number of para-hydroxylation sites is 2. The Morgan fingerprint density at radius 3 is 2.60 bits per heavy atom. The summed E-state index contributed by atoms with van der Waals surface area (Å²) in [6.45, 7) is 7.43. The monoisotopic (exact) mass is 411 g/mol. The lowest BCUT2D eigenvalue weighted by atomic mass is 10.2. The Labute approximate surface area is 177 Å². The van der Waals surface area contributed by atoms with Gasteiger partial charge >= 0.3 is 0 Å². The molecule has 1 fully saturated rings. The molecular weight excluding hydrogens is 382 g/mol. The van der Waals surface area contributed by atoms with Gasteiger partial charge in [-0.05, 0) is 36.8 Å². The van der Waals surface area contributed by atoms with Crippen molar-refractivity contribution in [2.45, 2.75) is 13.5 Å². The summed E-state index contributed by atoms with van der Waals surface area (Å²) in [7, 11) is 1.70. The van der Waals surface area contributed by atoms with Crippen LogP contribution in [0, 0.1) is 0 Å². The molecule has 30 heavy (non-hydrogen) atoms. The molecule has 0 spiro atoms. The molecule has 160 valence electrons. The highest BCUT2D eigenvalue weighted by Gasteiger charge is 2.23. The number of ether oxygens (including phenoxy) is 3. The van der Waals surface area contributed by atoms with Crippen LogP contribution in [0.1, 0.15) is 12.5 Å². The molecule has 2 aliphatic rings. The number of carbonyl (C=O) groups excluding carboxylic acids is 1. The zero-order valence-electron chi connectivity index (χ0n) is 17.7. The fourth-order valence-corrected chi connectivity index (χ4v) is 3.97. The van der Waals surface area contributed by atoms with E-state index in [1.165, 1.54) is 0 Å². The van der Waals surface area contributed by atoms with E-state index in [0.29, 0.717) is 19.6 Å². The molecule has 0 atom stereocenters. The second-order valence-corrected chi connectivity index (χ2v) is 7.53. The Morgan fingerprint density at radius 2 is 1.83 bits per heavy atom. The highest BCUT2D eigenvalue weighted by molar-refractivity contribution is 5.78. The minimum absolute atomic E-state index is 0.154. The molecule has 0 radical (unpaired) electrons. The van der Waals surface area contributed by atoms with Crippen molar-refractivity contribution >= 4 is 11.6 Å². The number of likely N-dealkylation sites (N-methyl/N-ethyl adjacent to an activating group) is 1. The van der Waals surface area contributed by atoms with Crippen molar-refractivity contribution in [3.63, 3.8) is 0 Å². The molecule has 0 saturated carbocycles. The molecule has 2 heterocycles. The molecule has 2 aromatic carbocycles. The molecule has 1 amide bonds. The van der Waals surface area contributed by atoms with E-state index in [-0.39, 0.29) is 12.7 Å². The van der Waals surface area contributed by atoms with E-state index in [2.05, 4.69) is 15.9 Å². The predicted octanol–water partition coefficient (Wildman–Crippen LogP) is 2.59. The number of anilines is 1. The van der Waals surface area contributed by atoms with Gasteiger partial charge in [0.05, 0.1) is 19.3 Å². The number of piperazine rings is 1. The summed E-state index contributed by atoms with van der Waals surface area (Å²) in [6.07, 6.45) is 0. The number of nitrogens with zero attached hydrogens (tertiary/aromatic N) is 3. The third kappa shape index (κ3) is 4.46. The van der Waals surface area contributed by atoms with E-state index in [4.69, 9.17) is 14.2 Å². The van der Waals surface area contributed by atoms with E-state index in [9.17, 15) is 4.79 Å². The zero-order valence-corrected chi connectivity index (χ0v) is 17.7. The maximum absolute atomic E-state index is 12.9. The van der Waals surface area contributed by atoms with Gasteiger partial charge in [-0.2, -0.15) is 0 Å². The van der Waals surface area contributed by atoms with Crippen LogP contribution in [-0.4, -0.2) is 68.9 Å². The van der Waals surface area contributed by atoms with Crippen LogP contribution in [-0.2, 0) is 11.3 Å². The number of hydrogen-bond donors (Lipinski definition) is 0. The van der Waals surface area contributed by atoms with Gasteiger partial charge in [-0.15, -0.1) is 0 Å². The summed E-state index contributed by atoms with van der Waals surface area (Å²) < 4.78 is 16.3. The quantitative estimate of drug-likeness (QED) is 0.698. The Morgan fingerprint density at radius 1 is 1.07 bits per heavy atom. The molecular formula is C23H29N3O4. The Hall–Kier alpha value is -2.93. The van der Waals surface area contributed by atoms with Gasteiger partial charge in [0, 0.05) is 39.3 Å². The van der Waals surface area contributed by atoms with Crippen molar-refractivity contribution in [2.75, 3.05) is 58.1 Å². The average Bonchev–Trinajstić information content (AvgIpc) is 3.26. The first kappa shape index (κ1) is 20.3. The van der Waals surface area contributed by atoms with Crippen molar-refractivity contribution in [1.82, 2.24) is 9.80 Å². The molecule has 0 bridgehead atoms. The number of carbonyl (C=O) groups is 1. The number of benzene rings is 2. The molecule has 1 saturated heterocycles. The zero-order chi connectivity index (χ0) is 20.9. The third-order valence-electron chi connectivity index (χ3n) is 5.70. The van der Waals surface area contributed by atoms with Crippen LogP contribution >= 0.6 is 0 Å². The van der Waals surface area contributed by atoms with Gasteiger partial charge in [0.15, 0.2) is 11.5 Å². The van der Waals surface area contributed by atoms with Crippen LogP contribution in [0.5, 0.6) is 17.2 Å².